The topological polar surface area (TPSA) is 69.0 Å². The SMILES string of the molecule is CCOc1ccc(-n2nc3c(N(C)Cc4ncccc4F)nnc(C)c3c2C)c(F)c1. The summed E-state index contributed by atoms with van der Waals surface area (Å²) in [6.45, 7) is 6.15. The van der Waals surface area contributed by atoms with Crippen LogP contribution in [0.2, 0.25) is 0 Å². The molecule has 3 aromatic heterocycles. The molecule has 0 aliphatic carbocycles. The molecule has 0 atom stereocenters. The third-order valence-corrected chi connectivity index (χ3v) is 5.03. The van der Waals surface area contributed by atoms with Gasteiger partial charge < -0.3 is 9.64 Å². The number of rotatable bonds is 6. The van der Waals surface area contributed by atoms with E-state index in [-0.39, 0.29) is 12.2 Å². The lowest BCUT2D eigenvalue weighted by molar-refractivity contribution is 0.338. The molecule has 0 saturated heterocycles. The lowest BCUT2D eigenvalue weighted by Crippen LogP contribution is -2.20. The smallest absolute Gasteiger partial charge is 0.179 e. The molecule has 0 spiro atoms. The van der Waals surface area contributed by atoms with Crippen LogP contribution in [0.3, 0.4) is 0 Å². The Morgan fingerprint density at radius 3 is 2.61 bits per heavy atom. The number of hydrogen-bond acceptors (Lipinski definition) is 6. The average molecular weight is 424 g/mol. The van der Waals surface area contributed by atoms with Crippen LogP contribution in [0.5, 0.6) is 5.75 Å². The zero-order valence-electron chi connectivity index (χ0n) is 17.7. The number of aromatic nitrogens is 5. The van der Waals surface area contributed by atoms with E-state index < -0.39 is 11.6 Å². The number of pyridine rings is 1. The van der Waals surface area contributed by atoms with Gasteiger partial charge in [-0.05, 0) is 45.0 Å². The van der Waals surface area contributed by atoms with E-state index in [0.29, 0.717) is 35.1 Å². The highest BCUT2D eigenvalue weighted by molar-refractivity contribution is 5.92. The van der Waals surface area contributed by atoms with Gasteiger partial charge in [-0.15, -0.1) is 5.10 Å². The fraction of sp³-hybridized carbons (Fsp3) is 0.273. The summed E-state index contributed by atoms with van der Waals surface area (Å²) in [7, 11) is 1.76. The van der Waals surface area contributed by atoms with Crippen molar-refractivity contribution in [1.82, 2.24) is 25.0 Å². The zero-order valence-corrected chi connectivity index (χ0v) is 17.7. The van der Waals surface area contributed by atoms with Gasteiger partial charge in [0.25, 0.3) is 0 Å². The molecule has 4 rings (SSSR count). The van der Waals surface area contributed by atoms with Gasteiger partial charge in [0.15, 0.2) is 11.6 Å². The minimum atomic E-state index is -0.453. The van der Waals surface area contributed by atoms with Crippen LogP contribution in [-0.2, 0) is 6.54 Å². The Bertz CT molecular complexity index is 1260. The largest absolute Gasteiger partial charge is 0.494 e. The lowest BCUT2D eigenvalue weighted by Gasteiger charge is -2.17. The van der Waals surface area contributed by atoms with Crippen molar-refractivity contribution in [1.29, 1.82) is 0 Å². The first-order valence-electron chi connectivity index (χ1n) is 9.86. The summed E-state index contributed by atoms with van der Waals surface area (Å²) in [5.74, 6) is 0.0593. The summed E-state index contributed by atoms with van der Waals surface area (Å²) in [5, 5.41) is 13.9. The second-order valence-electron chi connectivity index (χ2n) is 7.16. The molecule has 31 heavy (non-hydrogen) atoms. The molecule has 0 bridgehead atoms. The van der Waals surface area contributed by atoms with E-state index in [1.807, 2.05) is 20.8 Å². The fourth-order valence-corrected chi connectivity index (χ4v) is 3.55. The van der Waals surface area contributed by atoms with Crippen molar-refractivity contribution in [2.75, 3.05) is 18.6 Å². The summed E-state index contributed by atoms with van der Waals surface area (Å²) in [5.41, 5.74) is 2.53. The molecule has 0 aliphatic heterocycles. The fourth-order valence-electron chi connectivity index (χ4n) is 3.55. The molecule has 4 aromatic rings. The molecule has 160 valence electrons. The molecular weight excluding hydrogens is 402 g/mol. The van der Waals surface area contributed by atoms with Crippen molar-refractivity contribution in [2.24, 2.45) is 0 Å². The van der Waals surface area contributed by atoms with Gasteiger partial charge in [0.05, 0.1) is 35.6 Å². The first kappa shape index (κ1) is 20.6. The summed E-state index contributed by atoms with van der Waals surface area (Å²) in [4.78, 5) is 5.82. The van der Waals surface area contributed by atoms with E-state index in [1.165, 1.54) is 23.0 Å². The number of hydrogen-bond donors (Lipinski definition) is 0. The minimum Gasteiger partial charge on any atom is -0.494 e. The summed E-state index contributed by atoms with van der Waals surface area (Å²) in [6, 6.07) is 7.57. The van der Waals surface area contributed by atoms with Crippen LogP contribution in [0.4, 0.5) is 14.6 Å². The standard InChI is InChI=1S/C22H22F2N6O/c1-5-31-15-8-9-19(17(24)11-15)30-14(3)20-13(2)26-27-22(21(20)28-30)29(4)12-18-16(23)7-6-10-25-18/h6-11H,5,12H2,1-4H3. The van der Waals surface area contributed by atoms with Crippen LogP contribution in [0.1, 0.15) is 24.0 Å². The molecule has 0 fully saturated rings. The van der Waals surface area contributed by atoms with Gasteiger partial charge in [-0.25, -0.2) is 13.5 Å². The second-order valence-corrected chi connectivity index (χ2v) is 7.16. The van der Waals surface area contributed by atoms with Crippen LogP contribution < -0.4 is 9.64 Å². The number of ether oxygens (including phenoxy) is 1. The van der Waals surface area contributed by atoms with E-state index in [0.717, 1.165) is 11.1 Å². The van der Waals surface area contributed by atoms with Crippen molar-refractivity contribution in [3.8, 4) is 11.4 Å². The number of anilines is 1. The van der Waals surface area contributed by atoms with Gasteiger partial charge in [0.1, 0.15) is 22.8 Å². The molecule has 1 aromatic carbocycles. The highest BCUT2D eigenvalue weighted by Gasteiger charge is 2.21. The van der Waals surface area contributed by atoms with Crippen LogP contribution in [0.15, 0.2) is 36.5 Å². The molecule has 0 aliphatic rings. The molecule has 3 heterocycles. The molecular formula is C22H22F2N6O. The van der Waals surface area contributed by atoms with Crippen LogP contribution in [0.25, 0.3) is 16.6 Å². The van der Waals surface area contributed by atoms with E-state index >= 15 is 0 Å². The van der Waals surface area contributed by atoms with Gasteiger partial charge in [0, 0.05) is 19.3 Å². The molecule has 0 radical (unpaired) electrons. The Labute approximate surface area is 178 Å². The van der Waals surface area contributed by atoms with Crippen molar-refractivity contribution in [3.63, 3.8) is 0 Å². The average Bonchev–Trinajstić information content (AvgIpc) is 3.08. The summed E-state index contributed by atoms with van der Waals surface area (Å²) >= 11 is 0. The predicted molar refractivity (Wildman–Crippen MR) is 114 cm³/mol. The van der Waals surface area contributed by atoms with Gasteiger partial charge in [-0.2, -0.15) is 10.2 Å². The third-order valence-electron chi connectivity index (χ3n) is 5.03. The van der Waals surface area contributed by atoms with Crippen LogP contribution in [0, 0.1) is 25.5 Å². The maximum absolute atomic E-state index is 14.8. The van der Waals surface area contributed by atoms with Gasteiger partial charge >= 0.3 is 0 Å². The van der Waals surface area contributed by atoms with Gasteiger partial charge in [0.2, 0.25) is 0 Å². The third kappa shape index (κ3) is 3.78. The Morgan fingerprint density at radius 1 is 1.10 bits per heavy atom. The number of halogens is 2. The molecule has 0 saturated carbocycles. The number of fused-ring (bicyclic) bond motifs is 1. The monoisotopic (exact) mass is 424 g/mol. The van der Waals surface area contributed by atoms with E-state index in [9.17, 15) is 8.78 Å². The van der Waals surface area contributed by atoms with E-state index in [1.54, 1.807) is 30.1 Å². The second kappa shape index (κ2) is 8.25. The predicted octanol–water partition coefficient (Wildman–Crippen LogP) is 4.14. The summed E-state index contributed by atoms with van der Waals surface area (Å²) in [6.07, 6.45) is 1.54. The van der Waals surface area contributed by atoms with E-state index in [4.69, 9.17) is 4.74 Å². The molecule has 0 amide bonds. The Balaban J connectivity index is 1.80. The van der Waals surface area contributed by atoms with Crippen molar-refractivity contribution < 1.29 is 13.5 Å². The maximum atomic E-state index is 14.8. The maximum Gasteiger partial charge on any atom is 0.179 e. The van der Waals surface area contributed by atoms with Crippen molar-refractivity contribution in [3.05, 3.63) is 65.2 Å². The normalized spacial score (nSPS) is 11.2. The Hall–Kier alpha value is -3.62. The highest BCUT2D eigenvalue weighted by atomic mass is 19.1. The van der Waals surface area contributed by atoms with Gasteiger partial charge in [-0.1, -0.05) is 0 Å². The Morgan fingerprint density at radius 2 is 1.90 bits per heavy atom. The minimum absolute atomic E-state index is 0.183. The number of benzene rings is 1. The summed E-state index contributed by atoms with van der Waals surface area (Å²) < 4.78 is 35.8. The lowest BCUT2D eigenvalue weighted by atomic mass is 10.2. The molecule has 0 unspecified atom stereocenters. The van der Waals surface area contributed by atoms with Crippen LogP contribution in [-0.4, -0.2) is 38.6 Å². The Kier molecular flexibility index (Phi) is 5.50. The quantitative estimate of drug-likeness (QED) is 0.463. The first-order valence-corrected chi connectivity index (χ1v) is 9.86. The number of aryl methyl sites for hydroxylation is 2. The molecule has 7 nitrogen and oxygen atoms in total. The van der Waals surface area contributed by atoms with E-state index in [2.05, 4.69) is 20.3 Å². The first-order chi connectivity index (χ1) is 14.9. The van der Waals surface area contributed by atoms with Crippen LogP contribution >= 0.6 is 0 Å². The molecule has 0 N–H and O–H groups in total. The van der Waals surface area contributed by atoms with Crippen molar-refractivity contribution >= 4 is 16.7 Å². The van der Waals surface area contributed by atoms with Crippen molar-refractivity contribution in [2.45, 2.75) is 27.3 Å². The molecule has 9 heteroatoms. The number of nitrogens with zero attached hydrogens (tertiary/aromatic N) is 6. The highest BCUT2D eigenvalue weighted by Crippen LogP contribution is 2.30. The van der Waals surface area contributed by atoms with Gasteiger partial charge in [-0.3, -0.25) is 4.98 Å². The zero-order chi connectivity index (χ0) is 22.1.